The van der Waals surface area contributed by atoms with E-state index in [1.807, 2.05) is 0 Å². The average molecular weight is 501 g/mol. The van der Waals surface area contributed by atoms with Crippen LogP contribution in [0.2, 0.25) is 0 Å². The molecule has 0 aliphatic heterocycles. The number of unbranched alkanes of at least 4 members (excludes halogenated alkanes) is 1. The van der Waals surface area contributed by atoms with Crippen molar-refractivity contribution >= 4 is 42.2 Å². The van der Waals surface area contributed by atoms with Gasteiger partial charge >= 0.3 is 5.97 Å². The minimum absolute atomic E-state index is 0.115. The van der Waals surface area contributed by atoms with Crippen LogP contribution in [0.4, 0.5) is 0 Å². The van der Waals surface area contributed by atoms with Crippen molar-refractivity contribution in [1.29, 1.82) is 0 Å². The molecular weight excluding hydrogens is 468 g/mol. The van der Waals surface area contributed by atoms with Crippen LogP contribution >= 0.6 is 12.6 Å². The van der Waals surface area contributed by atoms with Gasteiger partial charge in [0.05, 0.1) is 18.8 Å². The number of carbonyl (C=O) groups is 5. The highest BCUT2D eigenvalue weighted by Crippen LogP contribution is 2.03. The summed E-state index contributed by atoms with van der Waals surface area (Å²) < 4.78 is 0. The van der Waals surface area contributed by atoms with Crippen molar-refractivity contribution in [1.82, 2.24) is 25.9 Å². The number of hydrogen-bond donors (Lipinski definition) is 9. The van der Waals surface area contributed by atoms with E-state index in [9.17, 15) is 29.1 Å². The molecule has 4 unspecified atom stereocenters. The van der Waals surface area contributed by atoms with Gasteiger partial charge in [-0.3, -0.25) is 19.2 Å². The van der Waals surface area contributed by atoms with E-state index in [-0.39, 0.29) is 12.2 Å². The molecule has 0 saturated carbocycles. The topological polar surface area (TPSA) is 248 Å². The van der Waals surface area contributed by atoms with E-state index in [0.29, 0.717) is 31.5 Å². The van der Waals surface area contributed by atoms with Gasteiger partial charge in [-0.15, -0.1) is 0 Å². The third-order valence-electron chi connectivity index (χ3n) is 4.75. The summed E-state index contributed by atoms with van der Waals surface area (Å²) in [5, 5.41) is 16.4. The number of carboxylic acid groups (broad SMARTS) is 1. The van der Waals surface area contributed by atoms with Gasteiger partial charge in [-0.2, -0.15) is 12.6 Å². The maximum Gasteiger partial charge on any atom is 0.326 e. The molecule has 15 heteroatoms. The zero-order chi connectivity index (χ0) is 25.7. The Morgan fingerprint density at radius 1 is 1.03 bits per heavy atom. The lowest BCUT2D eigenvalue weighted by Crippen LogP contribution is -2.58. The fraction of sp³-hybridized carbons (Fsp3) is 0.579. The number of rotatable bonds is 16. The molecule has 190 valence electrons. The summed E-state index contributed by atoms with van der Waals surface area (Å²) >= 11 is 4.05. The van der Waals surface area contributed by atoms with Crippen LogP contribution in [0.15, 0.2) is 12.5 Å². The second kappa shape index (κ2) is 14.9. The van der Waals surface area contributed by atoms with Gasteiger partial charge in [0.1, 0.15) is 18.1 Å². The lowest BCUT2D eigenvalue weighted by molar-refractivity contribution is -0.142. The van der Waals surface area contributed by atoms with Crippen LogP contribution in [-0.2, 0) is 30.4 Å². The van der Waals surface area contributed by atoms with Crippen molar-refractivity contribution in [2.45, 2.75) is 56.3 Å². The summed E-state index contributed by atoms with van der Waals surface area (Å²) in [7, 11) is 0. The van der Waals surface area contributed by atoms with Crippen molar-refractivity contribution in [2.24, 2.45) is 17.2 Å². The van der Waals surface area contributed by atoms with Crippen molar-refractivity contribution in [3.8, 4) is 0 Å². The third kappa shape index (κ3) is 10.2. The van der Waals surface area contributed by atoms with E-state index in [4.69, 9.17) is 17.2 Å². The Labute approximate surface area is 201 Å². The van der Waals surface area contributed by atoms with Crippen molar-refractivity contribution in [3.63, 3.8) is 0 Å². The van der Waals surface area contributed by atoms with Gasteiger partial charge in [0.25, 0.3) is 0 Å². The molecule has 34 heavy (non-hydrogen) atoms. The van der Waals surface area contributed by atoms with Gasteiger partial charge in [0, 0.05) is 24.1 Å². The first-order chi connectivity index (χ1) is 16.1. The number of aliphatic carboxylic acids is 1. The van der Waals surface area contributed by atoms with Gasteiger partial charge in [0.2, 0.25) is 23.6 Å². The molecule has 4 amide bonds. The number of aromatic nitrogens is 2. The lowest BCUT2D eigenvalue weighted by atomic mass is 10.1. The molecule has 0 radical (unpaired) electrons. The molecule has 1 heterocycles. The van der Waals surface area contributed by atoms with E-state index in [1.54, 1.807) is 0 Å². The second-order valence-electron chi connectivity index (χ2n) is 7.55. The number of primary amides is 1. The second-order valence-corrected chi connectivity index (χ2v) is 7.91. The molecule has 1 rings (SSSR count). The number of imidazole rings is 1. The van der Waals surface area contributed by atoms with Gasteiger partial charge in [-0.25, -0.2) is 9.78 Å². The van der Waals surface area contributed by atoms with Gasteiger partial charge in [0.15, 0.2) is 0 Å². The van der Waals surface area contributed by atoms with Crippen LogP contribution in [-0.4, -0.2) is 81.1 Å². The Bertz CT molecular complexity index is 837. The molecule has 0 spiro atoms. The molecule has 0 saturated heterocycles. The fourth-order valence-electron chi connectivity index (χ4n) is 2.88. The molecule has 1 aromatic rings. The highest BCUT2D eigenvalue weighted by Gasteiger charge is 2.31. The highest BCUT2D eigenvalue weighted by atomic mass is 32.1. The van der Waals surface area contributed by atoms with Crippen LogP contribution in [0.3, 0.4) is 0 Å². The number of nitrogens with zero attached hydrogens (tertiary/aromatic N) is 1. The first kappa shape index (κ1) is 28.9. The molecule has 0 aliphatic carbocycles. The third-order valence-corrected chi connectivity index (χ3v) is 5.12. The number of carbonyl (C=O) groups excluding carboxylic acids is 4. The zero-order valence-corrected chi connectivity index (χ0v) is 19.4. The maximum atomic E-state index is 12.7. The summed E-state index contributed by atoms with van der Waals surface area (Å²) in [4.78, 5) is 67.1. The van der Waals surface area contributed by atoms with E-state index >= 15 is 0 Å². The largest absolute Gasteiger partial charge is 0.480 e. The fourth-order valence-corrected chi connectivity index (χ4v) is 3.14. The van der Waals surface area contributed by atoms with Gasteiger partial charge in [-0.05, 0) is 19.4 Å². The normalized spacial score (nSPS) is 14.3. The number of thiol groups is 1. The monoisotopic (exact) mass is 500 g/mol. The Balaban J connectivity index is 2.82. The Morgan fingerprint density at radius 2 is 1.65 bits per heavy atom. The zero-order valence-electron chi connectivity index (χ0n) is 18.5. The van der Waals surface area contributed by atoms with Crippen molar-refractivity contribution in [2.75, 3.05) is 12.3 Å². The first-order valence-electron chi connectivity index (χ1n) is 10.5. The minimum atomic E-state index is -1.48. The Kier molecular flexibility index (Phi) is 12.6. The lowest BCUT2D eigenvalue weighted by Gasteiger charge is -2.24. The van der Waals surface area contributed by atoms with E-state index < -0.39 is 60.2 Å². The number of nitrogens with one attached hydrogen (secondary N) is 4. The maximum absolute atomic E-state index is 12.7. The summed E-state index contributed by atoms with van der Waals surface area (Å²) in [6.07, 6.45) is 3.72. The SMILES string of the molecule is NCCCCC(N)C(=O)NC(CS)C(=O)NC(CC(N)=O)C(=O)NC(Cc1cnc[nH]1)C(=O)O. The Morgan fingerprint density at radius 3 is 2.18 bits per heavy atom. The van der Waals surface area contributed by atoms with Crippen LogP contribution in [0.5, 0.6) is 0 Å². The van der Waals surface area contributed by atoms with Gasteiger partial charge in [-0.1, -0.05) is 6.42 Å². The van der Waals surface area contributed by atoms with Gasteiger partial charge < -0.3 is 43.2 Å². The summed E-state index contributed by atoms with van der Waals surface area (Å²) in [5.41, 5.74) is 16.9. The summed E-state index contributed by atoms with van der Waals surface area (Å²) in [6, 6.07) is -4.89. The molecule has 4 atom stereocenters. The van der Waals surface area contributed by atoms with Crippen molar-refractivity contribution in [3.05, 3.63) is 18.2 Å². The number of nitrogens with two attached hydrogens (primary N) is 3. The molecular formula is C19H32N8O6S. The highest BCUT2D eigenvalue weighted by molar-refractivity contribution is 7.80. The van der Waals surface area contributed by atoms with Crippen LogP contribution in [0, 0.1) is 0 Å². The molecule has 1 aromatic heterocycles. The number of H-pyrrole nitrogens is 1. The predicted octanol–water partition coefficient (Wildman–Crippen LogP) is -3.25. The van der Waals surface area contributed by atoms with Crippen LogP contribution in [0.1, 0.15) is 31.4 Å². The Hall–Kier alpha value is -3.17. The van der Waals surface area contributed by atoms with Crippen LogP contribution < -0.4 is 33.2 Å². The number of amides is 4. The molecule has 11 N–H and O–H groups in total. The molecule has 14 nitrogen and oxygen atoms in total. The molecule has 0 aromatic carbocycles. The average Bonchev–Trinajstić information content (AvgIpc) is 3.29. The van der Waals surface area contributed by atoms with E-state index in [2.05, 4.69) is 38.5 Å². The minimum Gasteiger partial charge on any atom is -0.480 e. The van der Waals surface area contributed by atoms with Crippen LogP contribution in [0.25, 0.3) is 0 Å². The van der Waals surface area contributed by atoms with E-state index in [0.717, 1.165) is 0 Å². The number of carboxylic acids is 1. The smallest absolute Gasteiger partial charge is 0.326 e. The summed E-state index contributed by atoms with van der Waals surface area (Å²) in [6.45, 7) is 0.462. The number of aromatic amines is 1. The molecule has 0 fully saturated rings. The van der Waals surface area contributed by atoms with Crippen molar-refractivity contribution < 1.29 is 29.1 Å². The molecule has 0 aliphatic rings. The summed E-state index contributed by atoms with van der Waals surface area (Å²) in [5.74, 6) is -4.73. The standard InChI is InChI=1S/C19H32N8O6S/c20-4-2-1-3-11(21)16(29)27-14(8-34)18(31)25-12(6-15(22)28)17(30)26-13(19(32)33)5-10-7-23-9-24-10/h7,9,11-14,34H,1-6,8,20-21H2,(H2,22,28)(H,23,24)(H,25,31)(H,26,30)(H,27,29)(H,32,33). The quantitative estimate of drug-likeness (QED) is 0.0815. The number of hydrogen-bond acceptors (Lipinski definition) is 9. The van der Waals surface area contributed by atoms with E-state index in [1.165, 1.54) is 12.5 Å². The first-order valence-corrected chi connectivity index (χ1v) is 11.2. The predicted molar refractivity (Wildman–Crippen MR) is 124 cm³/mol. The molecule has 0 bridgehead atoms.